The van der Waals surface area contributed by atoms with Crippen molar-refractivity contribution in [3.63, 3.8) is 0 Å². The molecule has 0 spiro atoms. The lowest BCUT2D eigenvalue weighted by molar-refractivity contribution is -0.138. The average Bonchev–Trinajstić information content (AvgIpc) is 3.05. The Hall–Kier alpha value is -4.22. The van der Waals surface area contributed by atoms with Crippen molar-refractivity contribution in [2.24, 2.45) is 0 Å². The molecule has 1 fully saturated rings. The maximum Gasteiger partial charge on any atom is 0.418 e. The predicted molar refractivity (Wildman–Crippen MR) is 168 cm³/mol. The number of piperazine rings is 1. The fourth-order valence-electron chi connectivity index (χ4n) is 6.26. The van der Waals surface area contributed by atoms with Crippen molar-refractivity contribution in [3.05, 3.63) is 106 Å². The molecule has 2 aromatic carbocycles. The third kappa shape index (κ3) is 7.20. The van der Waals surface area contributed by atoms with E-state index < -0.39 is 17.7 Å². The van der Waals surface area contributed by atoms with Crippen LogP contribution in [-0.2, 0) is 31.9 Å². The van der Waals surface area contributed by atoms with Crippen molar-refractivity contribution in [2.45, 2.75) is 44.2 Å². The number of aromatic nitrogens is 3. The molecule has 4 N–H and O–H groups in total. The number of ether oxygens (including phenoxy) is 2. The summed E-state index contributed by atoms with van der Waals surface area (Å²) in [6, 6.07) is 16.3. The van der Waals surface area contributed by atoms with Crippen LogP contribution in [0, 0.1) is 0 Å². The molecular weight excluding hydrogens is 581 g/mol. The van der Waals surface area contributed by atoms with Gasteiger partial charge in [-0.25, -0.2) is 9.97 Å². The molecule has 2 aromatic heterocycles. The second-order valence-corrected chi connectivity index (χ2v) is 11.4. The Balaban J connectivity index is 0.00000400. The zero-order valence-electron chi connectivity index (χ0n) is 25.7. The van der Waals surface area contributed by atoms with Crippen molar-refractivity contribution in [1.82, 2.24) is 26.4 Å². The van der Waals surface area contributed by atoms with E-state index in [4.69, 9.17) is 14.5 Å². The third-order valence-corrected chi connectivity index (χ3v) is 8.61. The van der Waals surface area contributed by atoms with E-state index in [1.807, 2.05) is 48.5 Å². The van der Waals surface area contributed by atoms with Crippen LogP contribution in [0.2, 0.25) is 0 Å². The Kier molecular flexibility index (Phi) is 9.89. The minimum Gasteiger partial charge on any atom is -0.497 e. The number of hydrogen-bond donors (Lipinski definition) is 2. The molecule has 1 aliphatic heterocycles. The molecule has 0 radical (unpaired) electrons. The minimum absolute atomic E-state index is 0. The summed E-state index contributed by atoms with van der Waals surface area (Å²) in [7, 11) is 3.19. The Morgan fingerprint density at radius 1 is 0.889 bits per heavy atom. The predicted octanol–water partition coefficient (Wildman–Crippen LogP) is 5.93. The van der Waals surface area contributed by atoms with E-state index in [1.54, 1.807) is 20.5 Å². The zero-order valence-corrected chi connectivity index (χ0v) is 25.7. The molecule has 1 saturated heterocycles. The van der Waals surface area contributed by atoms with Gasteiger partial charge in [-0.1, -0.05) is 24.3 Å². The summed E-state index contributed by atoms with van der Waals surface area (Å²) in [5.74, 6) is 1.91. The van der Waals surface area contributed by atoms with Gasteiger partial charge in [-0.15, -0.1) is 0 Å². The quantitative estimate of drug-likeness (QED) is 0.250. The lowest BCUT2D eigenvalue weighted by Crippen LogP contribution is -2.44. The molecule has 238 valence electrons. The molecule has 6 rings (SSSR count). The van der Waals surface area contributed by atoms with Gasteiger partial charge in [0.25, 0.3) is 0 Å². The number of benzene rings is 2. The molecule has 1 aliphatic carbocycles. The van der Waals surface area contributed by atoms with Crippen LogP contribution in [0.3, 0.4) is 0 Å². The van der Waals surface area contributed by atoms with Crippen LogP contribution in [0.4, 0.5) is 19.0 Å². The largest absolute Gasteiger partial charge is 0.497 e. The first kappa shape index (κ1) is 32.2. The SMILES string of the molecule is COc1ccc(Cc2cc(C(F)(F)F)c(C3CCc4c(ncnc4N4CCNCC4)C3)nc2Cc2ccc(OC)cc2)cc1.N. The summed E-state index contributed by atoms with van der Waals surface area (Å²) in [5, 5.41) is 3.35. The molecular formula is C34H39F3N6O2. The maximum atomic E-state index is 14.8. The Bertz CT molecular complexity index is 1590. The highest BCUT2D eigenvalue weighted by Gasteiger charge is 2.39. The lowest BCUT2D eigenvalue weighted by Gasteiger charge is -2.33. The first-order chi connectivity index (χ1) is 21.3. The normalized spacial score (nSPS) is 16.5. The van der Waals surface area contributed by atoms with Gasteiger partial charge in [0, 0.05) is 55.5 Å². The van der Waals surface area contributed by atoms with Crippen molar-refractivity contribution in [1.29, 1.82) is 0 Å². The van der Waals surface area contributed by atoms with Crippen molar-refractivity contribution < 1.29 is 22.6 Å². The van der Waals surface area contributed by atoms with E-state index in [-0.39, 0.29) is 11.8 Å². The Morgan fingerprint density at radius 3 is 2.11 bits per heavy atom. The summed E-state index contributed by atoms with van der Waals surface area (Å²) in [6.07, 6.45) is -0.722. The van der Waals surface area contributed by atoms with Gasteiger partial charge in [0.2, 0.25) is 0 Å². The van der Waals surface area contributed by atoms with Crippen LogP contribution < -0.4 is 25.8 Å². The molecule has 0 saturated carbocycles. The van der Waals surface area contributed by atoms with Gasteiger partial charge in [-0.05, 0) is 72.7 Å². The van der Waals surface area contributed by atoms with Gasteiger partial charge < -0.3 is 25.8 Å². The molecule has 11 heteroatoms. The number of nitrogens with one attached hydrogen (secondary N) is 1. The standard InChI is InChI=1S/C34H36F3N5O2.H3N/c1-43-26-8-3-22(4-9-26)17-25-19-29(34(35,36)37)32(41-30(25)18-23-5-10-27(44-2)11-6-23)24-7-12-28-31(20-24)39-21-40-33(28)42-15-13-38-14-16-42;/h3-6,8-11,19,21,24,38H,7,12-18,20H2,1-2H3;1H3. The second kappa shape index (κ2) is 13.8. The van der Waals surface area contributed by atoms with Crippen LogP contribution in [0.5, 0.6) is 11.5 Å². The van der Waals surface area contributed by atoms with Crippen LogP contribution in [0.15, 0.2) is 60.9 Å². The lowest BCUT2D eigenvalue weighted by atomic mass is 9.82. The maximum absolute atomic E-state index is 14.8. The number of anilines is 1. The van der Waals surface area contributed by atoms with E-state index in [0.717, 1.165) is 60.1 Å². The second-order valence-electron chi connectivity index (χ2n) is 11.4. The molecule has 45 heavy (non-hydrogen) atoms. The number of halogens is 3. The van der Waals surface area contributed by atoms with Crippen LogP contribution >= 0.6 is 0 Å². The van der Waals surface area contributed by atoms with Crippen molar-refractivity contribution in [3.8, 4) is 11.5 Å². The number of methoxy groups -OCH3 is 2. The number of nitrogens with zero attached hydrogens (tertiary/aromatic N) is 4. The molecule has 2 aliphatic rings. The Morgan fingerprint density at radius 2 is 1.51 bits per heavy atom. The summed E-state index contributed by atoms with van der Waals surface area (Å²) in [5.41, 5.74) is 4.34. The number of hydrogen-bond acceptors (Lipinski definition) is 8. The van der Waals surface area contributed by atoms with Crippen LogP contribution in [-0.4, -0.2) is 55.4 Å². The topological polar surface area (TPSA) is 107 Å². The highest BCUT2D eigenvalue weighted by molar-refractivity contribution is 5.51. The number of fused-ring (bicyclic) bond motifs is 1. The Labute approximate surface area is 261 Å². The summed E-state index contributed by atoms with van der Waals surface area (Å²) < 4.78 is 54.8. The third-order valence-electron chi connectivity index (χ3n) is 8.61. The van der Waals surface area contributed by atoms with Crippen LogP contribution in [0.25, 0.3) is 0 Å². The fraction of sp³-hybridized carbons (Fsp3) is 0.382. The zero-order chi connectivity index (χ0) is 30.7. The molecule has 1 unspecified atom stereocenters. The smallest absolute Gasteiger partial charge is 0.418 e. The van der Waals surface area contributed by atoms with Gasteiger partial charge in [-0.2, -0.15) is 13.2 Å². The van der Waals surface area contributed by atoms with Gasteiger partial charge in [0.1, 0.15) is 23.6 Å². The first-order valence-electron chi connectivity index (χ1n) is 15.0. The molecule has 3 heterocycles. The minimum atomic E-state index is -4.55. The van der Waals surface area contributed by atoms with E-state index in [2.05, 4.69) is 20.2 Å². The number of rotatable bonds is 8. The molecule has 8 nitrogen and oxygen atoms in total. The average molecular weight is 621 g/mol. The molecule has 0 bridgehead atoms. The van der Waals surface area contributed by atoms with E-state index in [1.165, 1.54) is 6.07 Å². The van der Waals surface area contributed by atoms with Gasteiger partial charge in [0.15, 0.2) is 0 Å². The highest BCUT2D eigenvalue weighted by atomic mass is 19.4. The fourth-order valence-corrected chi connectivity index (χ4v) is 6.26. The van der Waals surface area contributed by atoms with Gasteiger partial charge >= 0.3 is 6.18 Å². The van der Waals surface area contributed by atoms with Crippen LogP contribution in [0.1, 0.15) is 57.2 Å². The van der Waals surface area contributed by atoms with E-state index >= 15 is 0 Å². The molecule has 4 aromatic rings. The molecule has 1 atom stereocenters. The van der Waals surface area contributed by atoms with Gasteiger partial charge in [-0.3, -0.25) is 4.98 Å². The van der Waals surface area contributed by atoms with E-state index in [0.29, 0.717) is 49.1 Å². The highest BCUT2D eigenvalue weighted by Crippen LogP contribution is 2.41. The number of alkyl halides is 3. The number of pyridine rings is 1. The van der Waals surface area contributed by atoms with E-state index in [9.17, 15) is 13.2 Å². The summed E-state index contributed by atoms with van der Waals surface area (Å²) in [4.78, 5) is 16.3. The summed E-state index contributed by atoms with van der Waals surface area (Å²) >= 11 is 0. The first-order valence-corrected chi connectivity index (χ1v) is 15.0. The van der Waals surface area contributed by atoms with Gasteiger partial charge in [0.05, 0.1) is 25.5 Å². The monoisotopic (exact) mass is 620 g/mol. The van der Waals surface area contributed by atoms with Crippen molar-refractivity contribution in [2.75, 3.05) is 45.3 Å². The van der Waals surface area contributed by atoms with Crippen molar-refractivity contribution >= 4 is 5.82 Å². The summed E-state index contributed by atoms with van der Waals surface area (Å²) in [6.45, 7) is 3.44. The molecule has 0 amide bonds.